The van der Waals surface area contributed by atoms with Crippen molar-refractivity contribution >= 4 is 69.8 Å². The Labute approximate surface area is 333 Å². The Balaban J connectivity index is 1.27. The van der Waals surface area contributed by atoms with Crippen LogP contribution in [0, 0.1) is 12.3 Å². The number of rotatable bonds is 12. The van der Waals surface area contributed by atoms with Crippen LogP contribution in [0.5, 0.6) is 0 Å². The molecular weight excluding hydrogens is 884 g/mol. The van der Waals surface area contributed by atoms with Crippen LogP contribution in [0.3, 0.4) is 0 Å². The van der Waals surface area contributed by atoms with Crippen molar-refractivity contribution in [3.05, 3.63) is 173 Å². The van der Waals surface area contributed by atoms with Gasteiger partial charge in [-0.1, -0.05) is 0 Å². The third-order valence-electron chi connectivity index (χ3n) is 10.5. The van der Waals surface area contributed by atoms with Crippen molar-refractivity contribution in [2.75, 3.05) is 12.3 Å². The van der Waals surface area contributed by atoms with Crippen LogP contribution in [-0.2, 0) is 12.8 Å². The van der Waals surface area contributed by atoms with Crippen LogP contribution >= 0.6 is 53.9 Å². The fourth-order valence-corrected chi connectivity index (χ4v) is 22.4. The molecular formula is C45H50I2N2P2. The van der Waals surface area contributed by atoms with E-state index in [4.69, 9.17) is 12.2 Å². The van der Waals surface area contributed by atoms with Gasteiger partial charge in [-0.3, -0.25) is 0 Å². The van der Waals surface area contributed by atoms with Crippen molar-refractivity contribution in [3.8, 4) is 12.3 Å². The van der Waals surface area contributed by atoms with E-state index in [1.165, 1.54) is 38.2 Å². The second-order valence-electron chi connectivity index (χ2n) is 13.9. The van der Waals surface area contributed by atoms with Crippen molar-refractivity contribution in [2.45, 2.75) is 57.2 Å². The number of piperidine rings is 1. The van der Waals surface area contributed by atoms with Gasteiger partial charge in [0.1, 0.15) is 0 Å². The summed E-state index contributed by atoms with van der Waals surface area (Å²) < 4.78 is 0. The van der Waals surface area contributed by atoms with Crippen LogP contribution in [0.15, 0.2) is 162 Å². The molecule has 51 heavy (non-hydrogen) atoms. The van der Waals surface area contributed by atoms with E-state index in [1.54, 1.807) is 5.31 Å². The normalized spacial score (nSPS) is 20.8. The number of nitrogens with two attached hydrogens (primary N) is 1. The summed E-state index contributed by atoms with van der Waals surface area (Å²) in [4.78, 5) is -4.11. The molecule has 1 heterocycles. The molecule has 0 aromatic heterocycles. The monoisotopic (exact) mass is 934 g/mol. The molecule has 0 saturated carbocycles. The van der Waals surface area contributed by atoms with Gasteiger partial charge in [0.25, 0.3) is 0 Å². The van der Waals surface area contributed by atoms with Gasteiger partial charge in [0.05, 0.1) is 0 Å². The van der Waals surface area contributed by atoms with Gasteiger partial charge in [-0.15, -0.1) is 0 Å². The van der Waals surface area contributed by atoms with E-state index in [2.05, 4.69) is 202 Å². The minimum absolute atomic E-state index is 0.0583. The number of benzene rings is 4. The quantitative estimate of drug-likeness (QED) is 0.0845. The van der Waals surface area contributed by atoms with Gasteiger partial charge in [0.2, 0.25) is 0 Å². The SMILES string of the molecule is C#C/C=C1\C(=C/C)C[C@@H](C[PH](I)(c2ccccc2)c2ccccc2)N[C@@H]1Cc1ccccc1C[C@H](N)C[PH](I)(C1=CC=CCC1)c1ccccc1. The van der Waals surface area contributed by atoms with Gasteiger partial charge in [-0.25, -0.2) is 0 Å². The van der Waals surface area contributed by atoms with E-state index in [-0.39, 0.29) is 12.1 Å². The Morgan fingerprint density at radius 3 is 1.96 bits per heavy atom. The molecule has 264 valence electrons. The second-order valence-corrected chi connectivity index (χ2v) is 31.3. The summed E-state index contributed by atoms with van der Waals surface area (Å²) in [5.41, 5.74) is 12.5. The fraction of sp³-hybridized carbons (Fsp3) is 0.244. The molecule has 1 saturated heterocycles. The van der Waals surface area contributed by atoms with Crippen molar-refractivity contribution in [3.63, 3.8) is 0 Å². The van der Waals surface area contributed by atoms with Crippen LogP contribution in [0.4, 0.5) is 0 Å². The fourth-order valence-electron chi connectivity index (χ4n) is 8.02. The van der Waals surface area contributed by atoms with Gasteiger partial charge in [0.15, 0.2) is 0 Å². The molecule has 0 bridgehead atoms. The molecule has 1 aliphatic carbocycles. The molecule has 4 aromatic rings. The van der Waals surface area contributed by atoms with E-state index < -0.39 is 9.81 Å². The number of halogens is 2. The molecule has 4 aromatic carbocycles. The Morgan fingerprint density at radius 2 is 1.41 bits per heavy atom. The summed E-state index contributed by atoms with van der Waals surface area (Å²) >= 11 is 5.67. The molecule has 3 N–H and O–H groups in total. The molecule has 6 rings (SSSR count). The van der Waals surface area contributed by atoms with E-state index in [1.807, 2.05) is 6.08 Å². The third-order valence-corrected chi connectivity index (χ3v) is 28.2. The molecule has 6 heteroatoms. The van der Waals surface area contributed by atoms with Gasteiger partial charge < -0.3 is 0 Å². The summed E-state index contributed by atoms with van der Waals surface area (Å²) in [5, 5.41) is 10.2. The average Bonchev–Trinajstić information content (AvgIpc) is 3.17. The first kappa shape index (κ1) is 38.4. The number of hydrogen-bond donors (Lipinski definition) is 2. The molecule has 3 atom stereocenters. The van der Waals surface area contributed by atoms with E-state index in [0.717, 1.165) is 44.4 Å². The van der Waals surface area contributed by atoms with Crippen molar-refractivity contribution in [1.82, 2.24) is 5.32 Å². The van der Waals surface area contributed by atoms with E-state index >= 15 is 0 Å². The zero-order chi connectivity index (χ0) is 35.7. The van der Waals surface area contributed by atoms with Gasteiger partial charge in [0, 0.05) is 0 Å². The van der Waals surface area contributed by atoms with Crippen molar-refractivity contribution in [1.29, 1.82) is 0 Å². The Kier molecular flexibility index (Phi) is 13.6. The molecule has 0 spiro atoms. The van der Waals surface area contributed by atoms with Gasteiger partial charge >= 0.3 is 336 Å². The molecule has 0 radical (unpaired) electrons. The van der Waals surface area contributed by atoms with Gasteiger partial charge in [-0.05, 0) is 0 Å². The van der Waals surface area contributed by atoms with Crippen molar-refractivity contribution in [2.24, 2.45) is 5.73 Å². The molecule has 1 aliphatic heterocycles. The number of terminal acetylenes is 1. The van der Waals surface area contributed by atoms with Crippen LogP contribution in [0.25, 0.3) is 0 Å². The summed E-state index contributed by atoms with van der Waals surface area (Å²) in [6.45, 7) is 2.17. The number of nitrogens with one attached hydrogen (secondary N) is 1. The molecule has 0 unspecified atom stereocenters. The predicted molar refractivity (Wildman–Crippen MR) is 247 cm³/mol. The van der Waals surface area contributed by atoms with E-state index in [0.29, 0.717) is 6.04 Å². The summed E-state index contributed by atoms with van der Waals surface area (Å²) in [6, 6.07) is 42.9. The summed E-state index contributed by atoms with van der Waals surface area (Å²) in [5.74, 6) is 2.89. The number of allylic oxidation sites excluding steroid dienone is 6. The molecule has 2 aliphatic rings. The first-order valence-electron chi connectivity index (χ1n) is 18.1. The van der Waals surface area contributed by atoms with Crippen molar-refractivity contribution < 1.29 is 0 Å². The topological polar surface area (TPSA) is 38.0 Å². The zero-order valence-corrected chi connectivity index (χ0v) is 35.8. The molecule has 0 amide bonds. The molecule has 2 nitrogen and oxygen atoms in total. The predicted octanol–water partition coefficient (Wildman–Crippen LogP) is 9.75. The molecule has 1 fully saturated rings. The first-order chi connectivity index (χ1) is 24.8. The Morgan fingerprint density at radius 1 is 0.843 bits per heavy atom. The van der Waals surface area contributed by atoms with Crippen LogP contribution in [-0.4, -0.2) is 30.4 Å². The third kappa shape index (κ3) is 9.24. The maximum atomic E-state index is 7.18. The van der Waals surface area contributed by atoms with Crippen LogP contribution < -0.4 is 27.0 Å². The standard InChI is InChI=1S/C45H50I2N2P2/c1-3-19-44-35(4-2)31-39(34-51(47,42-26-13-7-14-27-42)43-28-15-8-16-29-43)49-45(44)32-37-21-18-17-20-36(37)30-38(48)33-50(46,40-22-9-5-10-23-40)41-24-11-6-12-25-41/h1,4-11,13-24,26-29,38-39,45,49-51H,12,25,30-34,48H2,2H3/b35-4-,44-19+/t38-,39-,45+/m0/s1. The first-order valence-corrected chi connectivity index (χ1v) is 28.8. The summed E-state index contributed by atoms with van der Waals surface area (Å²) in [7, 11) is 0. The Bertz CT molecular complexity index is 1890. The second kappa shape index (κ2) is 18.1. The van der Waals surface area contributed by atoms with Crippen LogP contribution in [0.2, 0.25) is 0 Å². The average molecular weight is 935 g/mol. The zero-order valence-electron chi connectivity index (χ0n) is 29.4. The minimum atomic E-state index is -2.09. The maximum absolute atomic E-state index is 7.18. The van der Waals surface area contributed by atoms with Crippen LogP contribution in [0.1, 0.15) is 37.3 Å². The Hall–Kier alpha value is -2.36. The van der Waals surface area contributed by atoms with Gasteiger partial charge in [-0.2, -0.15) is 0 Å². The van der Waals surface area contributed by atoms with E-state index in [9.17, 15) is 0 Å². The summed E-state index contributed by atoms with van der Waals surface area (Å²) in [6.07, 6.45) is 24.2. The number of hydrogen-bond acceptors (Lipinski definition) is 2.